The van der Waals surface area contributed by atoms with E-state index in [0.29, 0.717) is 5.69 Å². The molecule has 8 nitrogen and oxygen atoms in total. The maximum atomic E-state index is 12.4. The van der Waals surface area contributed by atoms with Crippen LogP contribution in [-0.2, 0) is 33.6 Å². The van der Waals surface area contributed by atoms with E-state index in [1.165, 1.54) is 31.3 Å². The number of carbonyl (C=O) groups is 2. The molecule has 0 unspecified atom stereocenters. The van der Waals surface area contributed by atoms with Gasteiger partial charge in [-0.3, -0.25) is 0 Å². The second-order valence-corrected chi connectivity index (χ2v) is 8.58. The van der Waals surface area contributed by atoms with Crippen LogP contribution >= 0.6 is 0 Å². The molecule has 158 valence electrons. The van der Waals surface area contributed by atoms with Crippen molar-refractivity contribution in [2.24, 2.45) is 0 Å². The van der Waals surface area contributed by atoms with Gasteiger partial charge in [-0.25, -0.2) is 18.0 Å². The fraction of sp³-hybridized carbons (Fsp3) is 0.238. The predicted octanol–water partition coefficient (Wildman–Crippen LogP) is 2.15. The zero-order valence-electron chi connectivity index (χ0n) is 16.7. The first-order chi connectivity index (χ1) is 14.3. The summed E-state index contributed by atoms with van der Waals surface area (Å²) in [7, 11) is -0.830. The molecule has 0 saturated heterocycles. The van der Waals surface area contributed by atoms with Gasteiger partial charge in [-0.2, -0.15) is 0 Å². The summed E-state index contributed by atoms with van der Waals surface area (Å²) < 4.78 is 38.5. The lowest BCUT2D eigenvalue weighted by Gasteiger charge is -2.31. The third-order valence-corrected chi connectivity index (χ3v) is 5.74. The molecule has 0 aliphatic carbocycles. The predicted molar refractivity (Wildman–Crippen MR) is 109 cm³/mol. The van der Waals surface area contributed by atoms with Crippen LogP contribution in [0.2, 0.25) is 0 Å². The Kier molecular flexibility index (Phi) is 6.23. The number of carbonyl (C=O) groups excluding carboxylic acids is 2. The molecule has 0 amide bonds. The lowest BCUT2D eigenvalue weighted by Crippen LogP contribution is -2.38. The van der Waals surface area contributed by atoms with Crippen molar-refractivity contribution in [3.63, 3.8) is 0 Å². The number of rotatable bonds is 5. The Balaban J connectivity index is 2.04. The van der Waals surface area contributed by atoms with Gasteiger partial charge in [0.15, 0.2) is 9.84 Å². The number of anilines is 1. The van der Waals surface area contributed by atoms with Crippen molar-refractivity contribution in [1.82, 2.24) is 0 Å². The van der Waals surface area contributed by atoms with Gasteiger partial charge in [0.25, 0.3) is 0 Å². The largest absolute Gasteiger partial charge is 0.466 e. The number of esters is 2. The molecular weight excluding hydrogens is 410 g/mol. The normalized spacial score (nSPS) is 14.4. The van der Waals surface area contributed by atoms with Gasteiger partial charge in [0.2, 0.25) is 0 Å². The second-order valence-electron chi connectivity index (χ2n) is 6.56. The van der Waals surface area contributed by atoms with Gasteiger partial charge >= 0.3 is 11.9 Å². The molecule has 30 heavy (non-hydrogen) atoms. The Morgan fingerprint density at radius 3 is 2.23 bits per heavy atom. The summed E-state index contributed by atoms with van der Waals surface area (Å²) >= 11 is 0. The average molecular weight is 431 g/mol. The Morgan fingerprint density at radius 2 is 1.63 bits per heavy atom. The summed E-state index contributed by atoms with van der Waals surface area (Å²) in [5, 5.41) is 0. The van der Waals surface area contributed by atoms with Gasteiger partial charge in [0.05, 0.1) is 31.3 Å². The molecule has 0 radical (unpaired) electrons. The highest BCUT2D eigenvalue weighted by molar-refractivity contribution is 7.90. The maximum Gasteiger partial charge on any atom is 0.355 e. The molecule has 2 aromatic rings. The summed E-state index contributed by atoms with van der Waals surface area (Å²) in [4.78, 5) is 26.3. The molecule has 1 aliphatic rings. The lowest BCUT2D eigenvalue weighted by atomic mass is 10.0. The van der Waals surface area contributed by atoms with E-state index in [9.17, 15) is 18.0 Å². The van der Waals surface area contributed by atoms with E-state index in [-0.39, 0.29) is 29.5 Å². The average Bonchev–Trinajstić information content (AvgIpc) is 2.77. The quantitative estimate of drug-likeness (QED) is 0.664. The highest BCUT2D eigenvalue weighted by Crippen LogP contribution is 2.30. The van der Waals surface area contributed by atoms with Crippen LogP contribution in [0.1, 0.15) is 0 Å². The summed E-state index contributed by atoms with van der Waals surface area (Å²) in [5.41, 5.74) is 2.31. The molecular formula is C21H21NO7S. The molecule has 0 saturated carbocycles. The van der Waals surface area contributed by atoms with Crippen molar-refractivity contribution < 1.29 is 32.2 Å². The summed E-state index contributed by atoms with van der Waals surface area (Å²) in [6.07, 6.45) is 1.15. The third-order valence-electron chi connectivity index (χ3n) is 4.61. The highest BCUT2D eigenvalue weighted by atomic mass is 32.2. The van der Waals surface area contributed by atoms with Gasteiger partial charge in [-0.15, -0.1) is 0 Å². The van der Waals surface area contributed by atoms with Crippen LogP contribution in [0.5, 0.6) is 0 Å². The number of ether oxygens (including phenoxy) is 3. The molecule has 9 heteroatoms. The van der Waals surface area contributed by atoms with Crippen LogP contribution in [-0.4, -0.2) is 54.2 Å². The van der Waals surface area contributed by atoms with Crippen molar-refractivity contribution in [2.45, 2.75) is 4.90 Å². The number of methoxy groups -OCH3 is 2. The Labute approximate surface area is 174 Å². The summed E-state index contributed by atoms with van der Waals surface area (Å²) in [5.74, 6) is -1.35. The topological polar surface area (TPSA) is 99.2 Å². The van der Waals surface area contributed by atoms with Crippen molar-refractivity contribution in [2.75, 3.05) is 38.7 Å². The zero-order valence-corrected chi connectivity index (χ0v) is 17.6. The molecule has 2 aromatic carbocycles. The van der Waals surface area contributed by atoms with E-state index in [0.717, 1.165) is 17.4 Å². The second kappa shape index (κ2) is 8.68. The molecule has 0 fully saturated rings. The molecule has 0 bridgehead atoms. The molecule has 1 heterocycles. The zero-order chi connectivity index (χ0) is 21.9. The van der Waals surface area contributed by atoms with Crippen LogP contribution in [0.4, 0.5) is 5.69 Å². The number of benzene rings is 2. The SMILES string of the molecule is COC(=O)C1=C(C(=O)OC)N(c2cccc(-c3ccc(S(C)(=O)=O)cc3)c2)COC1. The van der Waals surface area contributed by atoms with E-state index in [1.54, 1.807) is 24.3 Å². The summed E-state index contributed by atoms with van der Waals surface area (Å²) in [6, 6.07) is 13.7. The molecule has 0 atom stereocenters. The number of sulfone groups is 1. The first-order valence-corrected chi connectivity index (χ1v) is 10.8. The van der Waals surface area contributed by atoms with Crippen LogP contribution < -0.4 is 4.90 Å². The van der Waals surface area contributed by atoms with E-state index < -0.39 is 21.8 Å². The molecule has 0 spiro atoms. The minimum atomic E-state index is -3.29. The number of hydrogen-bond donors (Lipinski definition) is 0. The fourth-order valence-electron chi connectivity index (χ4n) is 3.10. The van der Waals surface area contributed by atoms with Gasteiger partial charge in [0.1, 0.15) is 12.4 Å². The van der Waals surface area contributed by atoms with E-state index in [1.807, 2.05) is 12.1 Å². The Hall–Kier alpha value is -3.17. The Morgan fingerprint density at radius 1 is 0.967 bits per heavy atom. The highest BCUT2D eigenvalue weighted by Gasteiger charge is 2.32. The van der Waals surface area contributed by atoms with Crippen LogP contribution in [0.25, 0.3) is 11.1 Å². The first kappa shape index (κ1) is 21.5. The van der Waals surface area contributed by atoms with E-state index in [2.05, 4.69) is 0 Å². The number of hydrogen-bond acceptors (Lipinski definition) is 8. The molecule has 3 rings (SSSR count). The fourth-order valence-corrected chi connectivity index (χ4v) is 3.73. The minimum absolute atomic E-state index is 0.0431. The number of nitrogens with zero attached hydrogens (tertiary/aromatic N) is 1. The van der Waals surface area contributed by atoms with Gasteiger partial charge in [-0.05, 0) is 35.4 Å². The lowest BCUT2D eigenvalue weighted by molar-refractivity contribution is -0.140. The first-order valence-electron chi connectivity index (χ1n) is 8.92. The van der Waals surface area contributed by atoms with Crippen LogP contribution in [0, 0.1) is 0 Å². The minimum Gasteiger partial charge on any atom is -0.466 e. The van der Waals surface area contributed by atoms with Crippen LogP contribution in [0.15, 0.2) is 64.7 Å². The van der Waals surface area contributed by atoms with Crippen molar-refractivity contribution in [3.05, 3.63) is 59.8 Å². The maximum absolute atomic E-state index is 12.4. The van der Waals surface area contributed by atoms with Crippen molar-refractivity contribution >= 4 is 27.5 Å². The molecule has 0 N–H and O–H groups in total. The van der Waals surface area contributed by atoms with Crippen molar-refractivity contribution in [3.8, 4) is 11.1 Å². The van der Waals surface area contributed by atoms with E-state index in [4.69, 9.17) is 14.2 Å². The summed E-state index contributed by atoms with van der Waals surface area (Å²) in [6.45, 7) is -0.0261. The van der Waals surface area contributed by atoms with Crippen LogP contribution in [0.3, 0.4) is 0 Å². The standard InChI is InChI=1S/C21H21NO7S/c1-27-20(23)18-12-29-13-22(19(18)21(24)28-2)16-6-4-5-15(11-16)14-7-9-17(10-8-14)30(3,25)26/h4-11H,12-13H2,1-3H3. The van der Waals surface area contributed by atoms with Gasteiger partial charge in [0, 0.05) is 11.9 Å². The van der Waals surface area contributed by atoms with Crippen molar-refractivity contribution in [1.29, 1.82) is 0 Å². The van der Waals surface area contributed by atoms with Gasteiger partial charge in [-0.1, -0.05) is 24.3 Å². The monoisotopic (exact) mass is 431 g/mol. The Bertz CT molecular complexity index is 1100. The molecule has 0 aromatic heterocycles. The third kappa shape index (κ3) is 4.37. The smallest absolute Gasteiger partial charge is 0.355 e. The van der Waals surface area contributed by atoms with Gasteiger partial charge < -0.3 is 19.1 Å². The van der Waals surface area contributed by atoms with E-state index >= 15 is 0 Å². The molecule has 1 aliphatic heterocycles.